The summed E-state index contributed by atoms with van der Waals surface area (Å²) in [7, 11) is 1.92. The van der Waals surface area contributed by atoms with Gasteiger partial charge < -0.3 is 14.8 Å². The second-order valence-corrected chi connectivity index (χ2v) is 5.50. The van der Waals surface area contributed by atoms with Gasteiger partial charge in [-0.1, -0.05) is 18.2 Å². The largest absolute Gasteiger partial charge is 0.508 e. The van der Waals surface area contributed by atoms with Crippen molar-refractivity contribution in [3.63, 3.8) is 0 Å². The number of hydrazone groups is 1. The maximum absolute atomic E-state index is 9.72. The van der Waals surface area contributed by atoms with Gasteiger partial charge >= 0.3 is 0 Å². The minimum atomic E-state index is -0.0753. The van der Waals surface area contributed by atoms with Gasteiger partial charge in [0.2, 0.25) is 0 Å². The van der Waals surface area contributed by atoms with Crippen molar-refractivity contribution in [1.82, 2.24) is 19.7 Å². The summed E-state index contributed by atoms with van der Waals surface area (Å²) in [4.78, 5) is 4.44. The average Bonchev–Trinajstić information content (AvgIpc) is 2.90. The van der Waals surface area contributed by atoms with E-state index in [2.05, 4.69) is 25.7 Å². The standard InChI is InChI=1S/C17H14N6O2/c1-23-13-5-3-2-4-12(13)15-16(23)19-17(22-20-15)21-18-9-10-6-7-11(24)8-14(10)25/h2-9,24-25H,1H3,(H,19,21,22)/b18-9-. The van der Waals surface area contributed by atoms with E-state index in [-0.39, 0.29) is 17.4 Å². The summed E-state index contributed by atoms with van der Waals surface area (Å²) in [6.07, 6.45) is 1.41. The van der Waals surface area contributed by atoms with Gasteiger partial charge in [0.15, 0.2) is 5.65 Å². The van der Waals surface area contributed by atoms with Crippen molar-refractivity contribution in [2.24, 2.45) is 12.1 Å². The molecule has 0 aliphatic rings. The van der Waals surface area contributed by atoms with Crippen molar-refractivity contribution in [1.29, 1.82) is 0 Å². The number of hydrogen-bond acceptors (Lipinski definition) is 7. The Balaban J connectivity index is 1.65. The smallest absolute Gasteiger partial charge is 0.265 e. The van der Waals surface area contributed by atoms with Gasteiger partial charge in [-0.05, 0) is 18.2 Å². The molecule has 0 bridgehead atoms. The molecule has 3 N–H and O–H groups in total. The van der Waals surface area contributed by atoms with Crippen LogP contribution >= 0.6 is 0 Å². The third kappa shape index (κ3) is 2.59. The van der Waals surface area contributed by atoms with Crippen molar-refractivity contribution in [2.75, 3.05) is 5.43 Å². The molecule has 2 aromatic carbocycles. The Labute approximate surface area is 142 Å². The predicted octanol–water partition coefficient (Wildman–Crippen LogP) is 2.37. The molecule has 0 fully saturated rings. The van der Waals surface area contributed by atoms with Crippen LogP contribution in [-0.4, -0.2) is 36.2 Å². The second-order valence-electron chi connectivity index (χ2n) is 5.50. The van der Waals surface area contributed by atoms with E-state index in [0.29, 0.717) is 11.2 Å². The minimum absolute atomic E-state index is 0.0173. The van der Waals surface area contributed by atoms with Gasteiger partial charge in [0.1, 0.15) is 17.0 Å². The van der Waals surface area contributed by atoms with Crippen molar-refractivity contribution in [2.45, 2.75) is 0 Å². The number of aryl methyl sites for hydroxylation is 1. The van der Waals surface area contributed by atoms with E-state index in [1.165, 1.54) is 18.3 Å². The molecule has 8 heteroatoms. The molecule has 0 atom stereocenters. The normalized spacial score (nSPS) is 11.6. The summed E-state index contributed by atoms with van der Waals surface area (Å²) in [6.45, 7) is 0. The molecule has 0 radical (unpaired) electrons. The summed E-state index contributed by atoms with van der Waals surface area (Å²) in [5.41, 5.74) is 5.59. The number of nitrogens with one attached hydrogen (secondary N) is 1. The Morgan fingerprint density at radius 1 is 1.12 bits per heavy atom. The number of phenols is 2. The van der Waals surface area contributed by atoms with Crippen LogP contribution in [0, 0.1) is 0 Å². The second kappa shape index (κ2) is 5.75. The predicted molar refractivity (Wildman–Crippen MR) is 94.8 cm³/mol. The number of benzene rings is 2. The number of hydrogen-bond donors (Lipinski definition) is 3. The van der Waals surface area contributed by atoms with Gasteiger partial charge in [-0.2, -0.15) is 10.1 Å². The molecule has 4 rings (SSSR count). The molecule has 2 heterocycles. The van der Waals surface area contributed by atoms with Gasteiger partial charge in [0.05, 0.1) is 11.7 Å². The molecule has 0 aliphatic carbocycles. The van der Waals surface area contributed by atoms with Crippen LogP contribution in [0.3, 0.4) is 0 Å². The molecule has 0 saturated carbocycles. The van der Waals surface area contributed by atoms with Crippen molar-refractivity contribution in [3.8, 4) is 11.5 Å². The summed E-state index contributed by atoms with van der Waals surface area (Å²) in [5.74, 6) is 0.151. The van der Waals surface area contributed by atoms with Crippen LogP contribution in [0.15, 0.2) is 47.6 Å². The fraction of sp³-hybridized carbons (Fsp3) is 0.0588. The van der Waals surface area contributed by atoms with Crippen molar-refractivity contribution < 1.29 is 10.2 Å². The van der Waals surface area contributed by atoms with Crippen LogP contribution in [0.1, 0.15) is 5.56 Å². The lowest BCUT2D eigenvalue weighted by atomic mass is 10.2. The lowest BCUT2D eigenvalue weighted by molar-refractivity contribution is 0.450. The Hall–Kier alpha value is -3.68. The summed E-state index contributed by atoms with van der Waals surface area (Å²) < 4.78 is 1.94. The molecule has 124 valence electrons. The Morgan fingerprint density at radius 2 is 1.96 bits per heavy atom. The van der Waals surface area contributed by atoms with E-state index in [1.54, 1.807) is 6.07 Å². The van der Waals surface area contributed by atoms with E-state index in [0.717, 1.165) is 16.4 Å². The molecule has 0 amide bonds. The van der Waals surface area contributed by atoms with Crippen LogP contribution in [0.4, 0.5) is 5.95 Å². The van der Waals surface area contributed by atoms with Crippen LogP contribution in [0.2, 0.25) is 0 Å². The molecule has 0 spiro atoms. The number of phenolic OH excluding ortho intramolecular Hbond substituents is 2. The number of nitrogens with zero attached hydrogens (tertiary/aromatic N) is 5. The summed E-state index contributed by atoms with van der Waals surface area (Å²) in [5, 5.41) is 32.3. The Morgan fingerprint density at radius 3 is 2.80 bits per heavy atom. The van der Waals surface area contributed by atoms with Crippen LogP contribution in [0.25, 0.3) is 22.1 Å². The van der Waals surface area contributed by atoms with Crippen LogP contribution in [-0.2, 0) is 7.05 Å². The zero-order valence-electron chi connectivity index (χ0n) is 13.2. The van der Waals surface area contributed by atoms with E-state index in [9.17, 15) is 10.2 Å². The minimum Gasteiger partial charge on any atom is -0.508 e. The molecule has 8 nitrogen and oxygen atoms in total. The molecule has 25 heavy (non-hydrogen) atoms. The molecule has 0 saturated heterocycles. The Kier molecular flexibility index (Phi) is 3.42. The first-order valence-electron chi connectivity index (χ1n) is 7.52. The number of aromatic nitrogens is 4. The highest BCUT2D eigenvalue weighted by atomic mass is 16.3. The van der Waals surface area contributed by atoms with Gasteiger partial charge in [-0.15, -0.1) is 10.2 Å². The summed E-state index contributed by atoms with van der Waals surface area (Å²) in [6, 6.07) is 12.1. The number of para-hydroxylation sites is 1. The highest BCUT2D eigenvalue weighted by Gasteiger charge is 2.11. The van der Waals surface area contributed by atoms with Gasteiger partial charge in [-0.25, -0.2) is 5.43 Å². The fourth-order valence-electron chi connectivity index (χ4n) is 2.65. The van der Waals surface area contributed by atoms with Crippen molar-refractivity contribution >= 4 is 34.2 Å². The van der Waals surface area contributed by atoms with E-state index < -0.39 is 0 Å². The van der Waals surface area contributed by atoms with E-state index >= 15 is 0 Å². The molecule has 2 aromatic heterocycles. The number of rotatable bonds is 3. The lowest BCUT2D eigenvalue weighted by Crippen LogP contribution is -2.00. The maximum Gasteiger partial charge on any atom is 0.265 e. The molecular formula is C17H14N6O2. The molecule has 0 aliphatic heterocycles. The number of fused-ring (bicyclic) bond motifs is 3. The molecule has 4 aromatic rings. The van der Waals surface area contributed by atoms with Crippen molar-refractivity contribution in [3.05, 3.63) is 48.0 Å². The van der Waals surface area contributed by atoms with E-state index in [1.807, 2.05) is 35.9 Å². The maximum atomic E-state index is 9.72. The fourth-order valence-corrected chi connectivity index (χ4v) is 2.65. The first-order valence-corrected chi connectivity index (χ1v) is 7.52. The zero-order valence-corrected chi connectivity index (χ0v) is 13.2. The molecule has 0 unspecified atom stereocenters. The SMILES string of the molecule is Cn1c2ccccc2c2nnc(N/N=C\c3ccc(O)cc3O)nc21. The number of aromatic hydroxyl groups is 2. The monoisotopic (exact) mass is 334 g/mol. The highest BCUT2D eigenvalue weighted by Crippen LogP contribution is 2.25. The van der Waals surface area contributed by atoms with Crippen LogP contribution < -0.4 is 5.43 Å². The number of anilines is 1. The zero-order chi connectivity index (χ0) is 17.4. The van der Waals surface area contributed by atoms with Crippen LogP contribution in [0.5, 0.6) is 11.5 Å². The first kappa shape index (κ1) is 14.9. The first-order chi connectivity index (χ1) is 12.1. The molecular weight excluding hydrogens is 320 g/mol. The Bertz CT molecular complexity index is 1120. The third-order valence-corrected chi connectivity index (χ3v) is 3.89. The average molecular weight is 334 g/mol. The summed E-state index contributed by atoms with van der Waals surface area (Å²) >= 11 is 0. The van der Waals surface area contributed by atoms with Gasteiger partial charge in [-0.3, -0.25) is 0 Å². The topological polar surface area (TPSA) is 108 Å². The quantitative estimate of drug-likeness (QED) is 0.392. The third-order valence-electron chi connectivity index (χ3n) is 3.89. The highest BCUT2D eigenvalue weighted by molar-refractivity contribution is 6.04. The lowest BCUT2D eigenvalue weighted by Gasteiger charge is -2.01. The van der Waals surface area contributed by atoms with Gasteiger partial charge in [0, 0.05) is 24.1 Å². The van der Waals surface area contributed by atoms with E-state index in [4.69, 9.17) is 0 Å². The van der Waals surface area contributed by atoms with Gasteiger partial charge in [0.25, 0.3) is 5.95 Å².